The van der Waals surface area contributed by atoms with Crippen molar-refractivity contribution >= 4 is 39.8 Å². The second-order valence-electron chi connectivity index (χ2n) is 9.41. The minimum absolute atomic E-state index is 0.0246. The molecule has 0 aromatic heterocycles. The first-order valence-electron chi connectivity index (χ1n) is 13.0. The number of nitrogens with one attached hydrogen (secondary N) is 1. The van der Waals surface area contributed by atoms with E-state index in [9.17, 15) is 4.79 Å². The van der Waals surface area contributed by atoms with Crippen molar-refractivity contribution in [2.24, 2.45) is 10.1 Å². The lowest BCUT2D eigenvalue weighted by Gasteiger charge is -2.20. The topological polar surface area (TPSA) is 96.6 Å². The lowest BCUT2D eigenvalue weighted by molar-refractivity contribution is -0.114. The van der Waals surface area contributed by atoms with E-state index >= 15 is 0 Å². The van der Waals surface area contributed by atoms with Gasteiger partial charge in [0.05, 0.1) is 12.7 Å². The molecule has 2 heterocycles. The summed E-state index contributed by atoms with van der Waals surface area (Å²) in [6.07, 6.45) is 2.57. The lowest BCUT2D eigenvalue weighted by Crippen LogP contribution is -2.35. The number of methoxy groups -OCH3 is 1. The van der Waals surface area contributed by atoms with Crippen LogP contribution in [0.1, 0.15) is 34.7 Å². The number of amides is 1. The van der Waals surface area contributed by atoms with Gasteiger partial charge in [-0.3, -0.25) is 10.2 Å². The van der Waals surface area contributed by atoms with Gasteiger partial charge in [-0.2, -0.15) is 15.1 Å². The number of fused-ring (bicyclic) bond motifs is 1. The van der Waals surface area contributed by atoms with E-state index in [-0.39, 0.29) is 11.4 Å². The molecule has 0 unspecified atom stereocenters. The normalized spacial score (nSPS) is 15.6. The Bertz CT molecular complexity index is 1560. The van der Waals surface area contributed by atoms with Gasteiger partial charge in [0.1, 0.15) is 24.0 Å². The van der Waals surface area contributed by atoms with Gasteiger partial charge in [0.15, 0.2) is 17.3 Å². The van der Waals surface area contributed by atoms with Crippen LogP contribution < -0.4 is 14.2 Å². The first kappa shape index (κ1) is 27.2. The molecule has 0 bridgehead atoms. The third-order valence-electron chi connectivity index (χ3n) is 6.38. The van der Waals surface area contributed by atoms with Gasteiger partial charge in [-0.1, -0.05) is 48.9 Å². The van der Waals surface area contributed by atoms with E-state index < -0.39 is 5.91 Å². The highest BCUT2D eigenvalue weighted by atomic mass is 32.2. The Morgan fingerprint density at radius 1 is 0.950 bits per heavy atom. The predicted molar refractivity (Wildman–Crippen MR) is 160 cm³/mol. The highest BCUT2D eigenvalue weighted by Gasteiger charge is 2.36. The SMILES string of the molecule is CCc1cc(C)cc(OCCOc2ccc(C=C3C(=N)N4N=C(c5ccc(C)cc5)SC4=NC3=O)cc2OC)c1. The molecule has 0 aliphatic carbocycles. The predicted octanol–water partition coefficient (Wildman–Crippen LogP) is 6.00. The largest absolute Gasteiger partial charge is 0.493 e. The zero-order chi connectivity index (χ0) is 28.2. The number of nitrogens with zero attached hydrogens (tertiary/aromatic N) is 3. The molecule has 2 aliphatic rings. The van der Waals surface area contributed by atoms with Crippen LogP contribution in [0.25, 0.3) is 6.08 Å². The van der Waals surface area contributed by atoms with Crippen molar-refractivity contribution in [2.75, 3.05) is 20.3 Å². The van der Waals surface area contributed by atoms with Gasteiger partial charge in [0.25, 0.3) is 5.91 Å². The molecule has 9 heteroatoms. The summed E-state index contributed by atoms with van der Waals surface area (Å²) in [5, 5.41) is 15.7. The van der Waals surface area contributed by atoms with Gasteiger partial charge >= 0.3 is 0 Å². The van der Waals surface area contributed by atoms with Crippen molar-refractivity contribution < 1.29 is 19.0 Å². The van der Waals surface area contributed by atoms with Crippen molar-refractivity contribution in [2.45, 2.75) is 27.2 Å². The van der Waals surface area contributed by atoms with Crippen LogP contribution in [-0.4, -0.2) is 47.3 Å². The monoisotopic (exact) mass is 554 g/mol. The zero-order valence-corrected chi connectivity index (χ0v) is 23.7. The molecule has 2 aliphatic heterocycles. The number of ether oxygens (including phenoxy) is 3. The van der Waals surface area contributed by atoms with Gasteiger partial charge in [0.2, 0.25) is 5.17 Å². The summed E-state index contributed by atoms with van der Waals surface area (Å²) < 4.78 is 17.3. The minimum atomic E-state index is -0.483. The van der Waals surface area contributed by atoms with Crippen LogP contribution in [0.2, 0.25) is 0 Å². The number of hydrogen-bond donors (Lipinski definition) is 1. The summed E-state index contributed by atoms with van der Waals surface area (Å²) in [6, 6.07) is 19.5. The molecule has 0 atom stereocenters. The Morgan fingerprint density at radius 2 is 1.73 bits per heavy atom. The van der Waals surface area contributed by atoms with Crippen LogP contribution in [0, 0.1) is 19.3 Å². The molecule has 3 aromatic rings. The highest BCUT2D eigenvalue weighted by Crippen LogP contribution is 2.33. The maximum absolute atomic E-state index is 12.9. The van der Waals surface area contributed by atoms with Crippen LogP contribution in [0.5, 0.6) is 17.2 Å². The number of aryl methyl sites for hydroxylation is 3. The van der Waals surface area contributed by atoms with E-state index in [2.05, 4.69) is 30.0 Å². The fourth-order valence-corrected chi connectivity index (χ4v) is 5.18. The molecule has 1 amide bonds. The quantitative estimate of drug-likeness (QED) is 0.257. The van der Waals surface area contributed by atoms with E-state index in [1.807, 2.05) is 43.3 Å². The smallest absolute Gasteiger partial charge is 0.283 e. The minimum Gasteiger partial charge on any atom is -0.493 e. The fourth-order valence-electron chi connectivity index (χ4n) is 4.29. The number of amidine groups is 2. The standard InChI is InChI=1S/C31H30N4O4S/c1-5-21-14-20(3)15-24(16-21)38-12-13-39-26-11-8-22(18-27(26)37-4)17-25-28(32)35-31(33-29(25)36)40-30(34-35)23-9-6-19(2)7-10-23/h6-11,14-18,32H,5,12-13H2,1-4H3. The van der Waals surface area contributed by atoms with Gasteiger partial charge in [-0.05, 0) is 79.1 Å². The molecule has 1 N–H and O–H groups in total. The number of carbonyl (C=O) groups excluding carboxylic acids is 1. The number of hydrogen-bond acceptors (Lipinski definition) is 7. The number of thioether (sulfide) groups is 1. The highest BCUT2D eigenvalue weighted by molar-refractivity contribution is 8.27. The number of hydrazone groups is 1. The Kier molecular flexibility index (Phi) is 8.02. The average Bonchev–Trinajstić information content (AvgIpc) is 3.38. The number of carbonyl (C=O) groups is 1. The first-order chi connectivity index (χ1) is 19.3. The van der Waals surface area contributed by atoms with Crippen LogP contribution in [0.4, 0.5) is 0 Å². The molecule has 204 valence electrons. The second-order valence-corrected chi connectivity index (χ2v) is 10.4. The molecule has 5 rings (SSSR count). The van der Waals surface area contributed by atoms with Crippen molar-refractivity contribution in [3.63, 3.8) is 0 Å². The zero-order valence-electron chi connectivity index (χ0n) is 22.9. The molecule has 0 fully saturated rings. The van der Waals surface area contributed by atoms with Crippen LogP contribution in [0.3, 0.4) is 0 Å². The Hall–Kier alpha value is -4.37. The Labute approximate surface area is 237 Å². The van der Waals surface area contributed by atoms with Crippen LogP contribution in [-0.2, 0) is 11.2 Å². The van der Waals surface area contributed by atoms with Crippen molar-refractivity contribution in [1.82, 2.24) is 5.01 Å². The van der Waals surface area contributed by atoms with Crippen molar-refractivity contribution in [1.29, 1.82) is 5.41 Å². The molecule has 0 saturated carbocycles. The van der Waals surface area contributed by atoms with E-state index in [1.54, 1.807) is 31.4 Å². The summed E-state index contributed by atoms with van der Waals surface area (Å²) in [6.45, 7) is 6.90. The number of benzene rings is 3. The third-order valence-corrected chi connectivity index (χ3v) is 7.34. The molecule has 3 aromatic carbocycles. The van der Waals surface area contributed by atoms with Gasteiger partial charge in [-0.15, -0.1) is 0 Å². The Morgan fingerprint density at radius 3 is 2.48 bits per heavy atom. The van der Waals surface area contributed by atoms with Crippen molar-refractivity contribution in [3.05, 3.63) is 94.1 Å². The first-order valence-corrected chi connectivity index (χ1v) is 13.8. The van der Waals surface area contributed by atoms with E-state index in [4.69, 9.17) is 19.6 Å². The summed E-state index contributed by atoms with van der Waals surface area (Å²) >= 11 is 1.28. The summed E-state index contributed by atoms with van der Waals surface area (Å²) in [5.74, 6) is 1.38. The number of aliphatic imine (C=N–C) groups is 1. The van der Waals surface area contributed by atoms with Gasteiger partial charge in [-0.25, -0.2) is 0 Å². The van der Waals surface area contributed by atoms with E-state index in [1.165, 1.54) is 22.3 Å². The molecule has 0 radical (unpaired) electrons. The second kappa shape index (κ2) is 11.8. The lowest BCUT2D eigenvalue weighted by atomic mass is 10.1. The molecule has 40 heavy (non-hydrogen) atoms. The van der Waals surface area contributed by atoms with E-state index in [0.29, 0.717) is 40.5 Å². The van der Waals surface area contributed by atoms with Gasteiger partial charge in [0, 0.05) is 5.56 Å². The maximum atomic E-state index is 12.9. The Balaban J connectivity index is 1.27. The molecular formula is C31H30N4O4S. The van der Waals surface area contributed by atoms with Crippen LogP contribution in [0.15, 0.2) is 76.3 Å². The maximum Gasteiger partial charge on any atom is 0.283 e. The van der Waals surface area contributed by atoms with Gasteiger partial charge < -0.3 is 14.2 Å². The molecular weight excluding hydrogens is 524 g/mol. The summed E-state index contributed by atoms with van der Waals surface area (Å²) in [7, 11) is 1.56. The van der Waals surface area contributed by atoms with Crippen molar-refractivity contribution in [3.8, 4) is 17.2 Å². The van der Waals surface area contributed by atoms with Crippen LogP contribution >= 0.6 is 11.8 Å². The molecule has 8 nitrogen and oxygen atoms in total. The summed E-state index contributed by atoms with van der Waals surface area (Å²) in [5.41, 5.74) is 5.27. The molecule has 0 saturated heterocycles. The molecule has 0 spiro atoms. The third kappa shape index (κ3) is 5.94. The summed E-state index contributed by atoms with van der Waals surface area (Å²) in [4.78, 5) is 17.0. The number of rotatable bonds is 9. The average molecular weight is 555 g/mol. The van der Waals surface area contributed by atoms with E-state index in [0.717, 1.165) is 28.9 Å². The fraction of sp³-hybridized carbons (Fsp3) is 0.226.